The normalized spacial score (nSPS) is 12.5. The van der Waals surface area contributed by atoms with Gasteiger partial charge in [-0.3, -0.25) is 9.97 Å². The Bertz CT molecular complexity index is 1270. The summed E-state index contributed by atoms with van der Waals surface area (Å²) < 4.78 is 2.72. The molecule has 0 fully saturated rings. The van der Waals surface area contributed by atoms with Crippen molar-refractivity contribution in [2.24, 2.45) is 0 Å². The maximum absolute atomic E-state index is 4.70. The first kappa shape index (κ1) is 20.3. The summed E-state index contributed by atoms with van der Waals surface area (Å²) in [6.07, 6.45) is 3.83. The van der Waals surface area contributed by atoms with Gasteiger partial charge in [0.05, 0.1) is 0 Å². The van der Waals surface area contributed by atoms with Crippen LogP contribution in [0.5, 0.6) is 0 Å². The summed E-state index contributed by atoms with van der Waals surface area (Å²) in [5, 5.41) is 8.09. The van der Waals surface area contributed by atoms with Gasteiger partial charge in [0.25, 0.3) is 0 Å². The number of hydrogen-bond donors (Lipinski definition) is 0. The van der Waals surface area contributed by atoms with Crippen molar-refractivity contribution >= 4 is 68.7 Å². The van der Waals surface area contributed by atoms with Crippen LogP contribution in [0.25, 0.3) is 20.2 Å². The standard InChI is InChI=1S/C26H26N2SSi2/c1-30(2,25-9-5-7-15-27-25)19-11-13-23-21(17-19)22-18-20(12-14-24(22)29-23)31(3,4)26-10-6-8-16-28-26/h5-18H,1-4H3. The highest BCUT2D eigenvalue weighted by molar-refractivity contribution is 7.26. The Hall–Kier alpha value is -2.61. The molecule has 0 unspecified atom stereocenters. The van der Waals surface area contributed by atoms with Crippen LogP contribution in [0, 0.1) is 0 Å². The number of fused-ring (bicyclic) bond motifs is 3. The van der Waals surface area contributed by atoms with Crippen LogP contribution in [0.3, 0.4) is 0 Å². The zero-order chi connectivity index (χ0) is 21.6. The molecule has 5 heteroatoms. The molecule has 5 rings (SSSR count). The van der Waals surface area contributed by atoms with E-state index >= 15 is 0 Å². The lowest BCUT2D eigenvalue weighted by molar-refractivity contribution is 1.37. The van der Waals surface area contributed by atoms with Crippen molar-refractivity contribution in [3.8, 4) is 0 Å². The molecule has 0 N–H and O–H groups in total. The Kier molecular flexibility index (Phi) is 4.92. The molecule has 0 aliphatic heterocycles. The molecule has 0 aliphatic carbocycles. The molecule has 0 aliphatic rings. The molecule has 2 aromatic carbocycles. The fourth-order valence-corrected chi connectivity index (χ4v) is 9.80. The Morgan fingerprint density at radius 1 is 0.581 bits per heavy atom. The molecule has 3 aromatic heterocycles. The fourth-order valence-electron chi connectivity index (χ4n) is 4.32. The highest BCUT2D eigenvalue weighted by Crippen LogP contribution is 2.33. The number of aromatic nitrogens is 2. The van der Waals surface area contributed by atoms with E-state index in [-0.39, 0.29) is 0 Å². The van der Waals surface area contributed by atoms with Crippen LogP contribution in [0.2, 0.25) is 26.2 Å². The van der Waals surface area contributed by atoms with E-state index in [0.29, 0.717) is 0 Å². The second-order valence-corrected chi connectivity index (χ2v) is 19.0. The van der Waals surface area contributed by atoms with Crippen molar-refractivity contribution in [2.45, 2.75) is 26.2 Å². The van der Waals surface area contributed by atoms with E-state index in [1.165, 1.54) is 41.2 Å². The predicted molar refractivity (Wildman–Crippen MR) is 141 cm³/mol. The molecule has 0 saturated heterocycles. The highest BCUT2D eigenvalue weighted by atomic mass is 32.1. The van der Waals surface area contributed by atoms with Crippen LogP contribution < -0.4 is 21.0 Å². The van der Waals surface area contributed by atoms with Crippen LogP contribution in [0.15, 0.2) is 85.2 Å². The summed E-state index contributed by atoms with van der Waals surface area (Å²) in [7, 11) is -3.69. The largest absolute Gasteiger partial charge is 0.266 e. The second-order valence-electron chi connectivity index (χ2n) is 9.20. The third kappa shape index (κ3) is 3.47. The van der Waals surface area contributed by atoms with Crippen molar-refractivity contribution in [2.75, 3.05) is 0 Å². The van der Waals surface area contributed by atoms with E-state index in [4.69, 9.17) is 9.97 Å². The van der Waals surface area contributed by atoms with Gasteiger partial charge in [-0.1, -0.05) is 73.0 Å². The van der Waals surface area contributed by atoms with E-state index < -0.39 is 16.1 Å². The first-order valence-corrected chi connectivity index (χ1v) is 17.5. The fraction of sp³-hybridized carbons (Fsp3) is 0.154. The average molecular weight is 455 g/mol. The lowest BCUT2D eigenvalue weighted by atomic mass is 10.1. The predicted octanol–water partition coefficient (Wildman–Crippen LogP) is 4.49. The average Bonchev–Trinajstić information content (AvgIpc) is 3.17. The molecule has 0 atom stereocenters. The van der Waals surface area contributed by atoms with Crippen molar-refractivity contribution in [3.05, 3.63) is 85.2 Å². The molecule has 2 nitrogen and oxygen atoms in total. The number of thiophene rings is 1. The first-order chi connectivity index (χ1) is 14.9. The number of rotatable bonds is 4. The number of nitrogens with zero attached hydrogens (tertiary/aromatic N) is 2. The van der Waals surface area contributed by atoms with Gasteiger partial charge in [0, 0.05) is 43.2 Å². The quantitative estimate of drug-likeness (QED) is 0.374. The van der Waals surface area contributed by atoms with Crippen molar-refractivity contribution in [3.63, 3.8) is 0 Å². The van der Waals surface area contributed by atoms with Gasteiger partial charge in [-0.2, -0.15) is 0 Å². The second kappa shape index (κ2) is 7.51. The zero-order valence-corrected chi connectivity index (χ0v) is 21.2. The van der Waals surface area contributed by atoms with Gasteiger partial charge in [-0.25, -0.2) is 0 Å². The van der Waals surface area contributed by atoms with E-state index in [2.05, 4.69) is 86.9 Å². The Balaban J connectivity index is 1.66. The lowest BCUT2D eigenvalue weighted by Crippen LogP contribution is -2.54. The minimum atomic E-state index is -1.84. The SMILES string of the molecule is C[Si](C)(c1ccc2sc3ccc([Si](C)(C)c4ccccn4)cc3c2c1)c1ccccn1. The van der Waals surface area contributed by atoms with Gasteiger partial charge >= 0.3 is 0 Å². The summed E-state index contributed by atoms with van der Waals surface area (Å²) in [6, 6.07) is 26.7. The van der Waals surface area contributed by atoms with Crippen LogP contribution in [-0.4, -0.2) is 26.1 Å². The van der Waals surface area contributed by atoms with Crippen LogP contribution in [0.4, 0.5) is 0 Å². The minimum absolute atomic E-state index is 1.23. The smallest absolute Gasteiger partial charge is 0.135 e. The maximum Gasteiger partial charge on any atom is 0.135 e. The summed E-state index contributed by atoms with van der Waals surface area (Å²) in [5.41, 5.74) is 0. The van der Waals surface area contributed by atoms with E-state index in [0.717, 1.165) is 0 Å². The molecule has 0 radical (unpaired) electrons. The van der Waals surface area contributed by atoms with Crippen molar-refractivity contribution in [1.29, 1.82) is 0 Å². The first-order valence-electron chi connectivity index (χ1n) is 10.7. The number of hydrogen-bond acceptors (Lipinski definition) is 3. The zero-order valence-electron chi connectivity index (χ0n) is 18.4. The molecule has 5 aromatic rings. The Morgan fingerprint density at radius 3 is 1.42 bits per heavy atom. The molecular formula is C26H26N2SSi2. The Labute approximate surface area is 189 Å². The molecule has 154 valence electrons. The van der Waals surface area contributed by atoms with Crippen molar-refractivity contribution in [1.82, 2.24) is 9.97 Å². The minimum Gasteiger partial charge on any atom is -0.266 e. The summed E-state index contributed by atoms with van der Waals surface area (Å²) in [5.74, 6) is 0. The highest BCUT2D eigenvalue weighted by Gasteiger charge is 2.29. The monoisotopic (exact) mass is 454 g/mol. The summed E-state index contributed by atoms with van der Waals surface area (Å²) in [6.45, 7) is 9.59. The Morgan fingerprint density at radius 2 is 1.03 bits per heavy atom. The van der Waals surface area contributed by atoms with E-state index in [9.17, 15) is 0 Å². The molecule has 0 saturated carbocycles. The van der Waals surface area contributed by atoms with Gasteiger partial charge in [0.1, 0.15) is 16.1 Å². The van der Waals surface area contributed by atoms with Gasteiger partial charge in [0.15, 0.2) is 0 Å². The van der Waals surface area contributed by atoms with Crippen LogP contribution in [-0.2, 0) is 0 Å². The van der Waals surface area contributed by atoms with Crippen LogP contribution >= 0.6 is 11.3 Å². The summed E-state index contributed by atoms with van der Waals surface area (Å²) >= 11 is 1.89. The maximum atomic E-state index is 4.70. The lowest BCUT2D eigenvalue weighted by Gasteiger charge is -2.23. The topological polar surface area (TPSA) is 25.8 Å². The molecule has 0 spiro atoms. The van der Waals surface area contributed by atoms with Gasteiger partial charge < -0.3 is 0 Å². The third-order valence-electron chi connectivity index (χ3n) is 6.52. The van der Waals surface area contributed by atoms with Gasteiger partial charge in [0.2, 0.25) is 0 Å². The summed E-state index contributed by atoms with van der Waals surface area (Å²) in [4.78, 5) is 9.40. The van der Waals surface area contributed by atoms with E-state index in [1.54, 1.807) is 0 Å². The van der Waals surface area contributed by atoms with E-state index in [1.807, 2.05) is 35.9 Å². The number of pyridine rings is 2. The number of benzene rings is 2. The molecule has 3 heterocycles. The third-order valence-corrected chi connectivity index (χ3v) is 14.3. The molecule has 31 heavy (non-hydrogen) atoms. The van der Waals surface area contributed by atoms with Crippen molar-refractivity contribution < 1.29 is 0 Å². The van der Waals surface area contributed by atoms with Crippen LogP contribution in [0.1, 0.15) is 0 Å². The molecular weight excluding hydrogens is 429 g/mol. The molecule has 0 bridgehead atoms. The van der Waals surface area contributed by atoms with Gasteiger partial charge in [-0.05, 0) is 36.4 Å². The molecule has 0 amide bonds. The van der Waals surface area contributed by atoms with Gasteiger partial charge in [-0.15, -0.1) is 11.3 Å².